The molecule has 13 nitrogen and oxygen atoms in total. The van der Waals surface area contributed by atoms with Crippen molar-refractivity contribution in [3.63, 3.8) is 0 Å². The Morgan fingerprint density at radius 2 is 1.41 bits per heavy atom. The van der Waals surface area contributed by atoms with Crippen LogP contribution in [0.2, 0.25) is 5.02 Å². The first-order valence-electron chi connectivity index (χ1n) is 17.4. The van der Waals surface area contributed by atoms with Crippen molar-refractivity contribution in [1.29, 1.82) is 0 Å². The second kappa shape index (κ2) is 17.7. The van der Waals surface area contributed by atoms with Crippen LogP contribution in [0.15, 0.2) is 71.3 Å². The van der Waals surface area contributed by atoms with Crippen LogP contribution in [0.4, 0.5) is 5.69 Å². The Bertz CT molecular complexity index is 2050. The number of fused-ring (bicyclic) bond motifs is 1. The highest BCUT2D eigenvalue weighted by Crippen LogP contribution is 2.42. The minimum atomic E-state index is -0.473. The lowest BCUT2D eigenvalue weighted by molar-refractivity contribution is 0.0935. The summed E-state index contributed by atoms with van der Waals surface area (Å²) in [6.07, 6.45) is 1.82. The molecule has 6 N–H and O–H groups in total. The van der Waals surface area contributed by atoms with Gasteiger partial charge in [0, 0.05) is 33.5 Å². The molecule has 1 unspecified atom stereocenters. The van der Waals surface area contributed by atoms with E-state index in [1.165, 1.54) is 14.2 Å². The normalized spacial score (nSPS) is 13.5. The van der Waals surface area contributed by atoms with Gasteiger partial charge in [-0.3, -0.25) is 4.79 Å². The Morgan fingerprint density at radius 3 is 2.06 bits per heavy atom. The number of aliphatic hydroxyl groups excluding tert-OH is 4. The largest absolute Gasteiger partial charge is 0.493 e. The summed E-state index contributed by atoms with van der Waals surface area (Å²) in [6, 6.07) is 19.2. The Morgan fingerprint density at radius 1 is 0.722 bits per heavy atom. The topological polar surface area (TPSA) is 185 Å². The van der Waals surface area contributed by atoms with Crippen LogP contribution in [0, 0.1) is 0 Å². The van der Waals surface area contributed by atoms with E-state index in [0.717, 1.165) is 24.8 Å². The van der Waals surface area contributed by atoms with Gasteiger partial charge < -0.3 is 54.5 Å². The summed E-state index contributed by atoms with van der Waals surface area (Å²) < 4.78 is 29.1. The Kier molecular flexibility index (Phi) is 12.6. The molecular formula is C40H42ClN3O10. The van der Waals surface area contributed by atoms with Gasteiger partial charge in [0.05, 0.1) is 59.4 Å². The molecule has 4 aromatic carbocycles. The number of aliphatic hydroxyl groups is 4. The molecule has 1 aliphatic rings. The molecular weight excluding hydrogens is 718 g/mol. The molecule has 0 radical (unpaired) electrons. The van der Waals surface area contributed by atoms with E-state index in [-0.39, 0.29) is 32.3 Å². The van der Waals surface area contributed by atoms with Gasteiger partial charge in [0.2, 0.25) is 5.75 Å². The summed E-state index contributed by atoms with van der Waals surface area (Å²) in [6.45, 7) is -0.303. The summed E-state index contributed by atoms with van der Waals surface area (Å²) >= 11 is 6.05. The highest BCUT2D eigenvalue weighted by Gasteiger charge is 2.26. The highest BCUT2D eigenvalue weighted by molar-refractivity contribution is 6.31. The number of hydrogen-bond donors (Lipinski definition) is 6. The van der Waals surface area contributed by atoms with Crippen molar-refractivity contribution in [3.8, 4) is 45.6 Å². The quantitative estimate of drug-likeness (QED) is 0.0597. The highest BCUT2D eigenvalue weighted by atomic mass is 35.5. The Balaban J connectivity index is 1.02. The predicted octanol–water partition coefficient (Wildman–Crippen LogP) is 6.13. The fourth-order valence-corrected chi connectivity index (χ4v) is 6.49. The predicted molar refractivity (Wildman–Crippen MR) is 201 cm³/mol. The SMILES string of the molecule is COc1cc(-c2cc(-c3cc(CO)c(CO)c(CO)c3)no2)cc(OC)c1OCCCCCOc1ccc(C2NC(=O)c3cc(Cl)ccc3N2)cc1CO. The van der Waals surface area contributed by atoms with E-state index in [4.69, 9.17) is 35.1 Å². The van der Waals surface area contributed by atoms with E-state index in [1.807, 2.05) is 12.1 Å². The molecule has 1 aliphatic heterocycles. The zero-order valence-corrected chi connectivity index (χ0v) is 30.6. The molecule has 0 spiro atoms. The summed E-state index contributed by atoms with van der Waals surface area (Å²) in [5.74, 6) is 2.11. The third kappa shape index (κ3) is 8.40. The van der Waals surface area contributed by atoms with Crippen molar-refractivity contribution < 1.29 is 48.7 Å². The van der Waals surface area contributed by atoms with Crippen LogP contribution in [0.5, 0.6) is 23.0 Å². The molecule has 14 heteroatoms. The second-order valence-electron chi connectivity index (χ2n) is 12.6. The van der Waals surface area contributed by atoms with Gasteiger partial charge in [-0.2, -0.15) is 0 Å². The van der Waals surface area contributed by atoms with Gasteiger partial charge in [0.1, 0.15) is 17.6 Å². The van der Waals surface area contributed by atoms with Gasteiger partial charge in [0.15, 0.2) is 17.3 Å². The van der Waals surface area contributed by atoms with Crippen molar-refractivity contribution in [2.75, 3.05) is 32.8 Å². The van der Waals surface area contributed by atoms with Crippen LogP contribution < -0.4 is 29.6 Å². The molecule has 6 rings (SSSR count). The summed E-state index contributed by atoms with van der Waals surface area (Å²) in [4.78, 5) is 12.7. The standard InChI is InChI=1S/C40H42ClN3O10/c1-50-36-15-25(35-18-33(44-54-35)24-13-26(19-45)31(22-48)27(14-24)20-46)16-37(51-2)38(36)53-11-5-3-4-10-52-34-9-6-23(12-28(34)21-47)39-42-32-8-7-29(41)17-30(32)40(49)43-39/h6-9,12-18,39,42,45-48H,3-5,10-11,19-22H2,1-2H3,(H,43,49). The van der Waals surface area contributed by atoms with Crippen LogP contribution in [0.1, 0.15) is 63.6 Å². The van der Waals surface area contributed by atoms with E-state index in [0.29, 0.717) is 97.3 Å². The first-order chi connectivity index (χ1) is 26.3. The van der Waals surface area contributed by atoms with E-state index < -0.39 is 6.17 Å². The molecule has 0 fully saturated rings. The number of amides is 1. The number of rotatable bonds is 17. The van der Waals surface area contributed by atoms with Gasteiger partial charge in [-0.15, -0.1) is 0 Å². The van der Waals surface area contributed by atoms with Crippen molar-refractivity contribution in [2.45, 2.75) is 51.9 Å². The van der Waals surface area contributed by atoms with Crippen molar-refractivity contribution in [2.24, 2.45) is 0 Å². The molecule has 2 heterocycles. The molecule has 54 heavy (non-hydrogen) atoms. The van der Waals surface area contributed by atoms with Crippen molar-refractivity contribution in [3.05, 3.63) is 105 Å². The number of aromatic nitrogens is 1. The van der Waals surface area contributed by atoms with E-state index >= 15 is 0 Å². The van der Waals surface area contributed by atoms with Crippen LogP contribution >= 0.6 is 11.6 Å². The fourth-order valence-electron chi connectivity index (χ4n) is 6.32. The van der Waals surface area contributed by atoms with Gasteiger partial charge in [-0.1, -0.05) is 22.8 Å². The number of ether oxygens (including phenoxy) is 4. The zero-order chi connectivity index (χ0) is 38.2. The number of nitrogens with zero attached hydrogens (tertiary/aromatic N) is 1. The zero-order valence-electron chi connectivity index (χ0n) is 29.9. The number of methoxy groups -OCH3 is 2. The lowest BCUT2D eigenvalue weighted by Crippen LogP contribution is -2.38. The maximum Gasteiger partial charge on any atom is 0.255 e. The number of anilines is 1. The van der Waals surface area contributed by atoms with Crippen LogP contribution in [0.25, 0.3) is 22.6 Å². The maximum atomic E-state index is 12.7. The first kappa shape index (κ1) is 38.4. The Labute approximate surface area is 317 Å². The van der Waals surface area contributed by atoms with Crippen LogP contribution in [-0.4, -0.2) is 58.9 Å². The molecule has 1 aromatic heterocycles. The van der Waals surface area contributed by atoms with Crippen molar-refractivity contribution in [1.82, 2.24) is 10.5 Å². The van der Waals surface area contributed by atoms with Gasteiger partial charge in [-0.25, -0.2) is 0 Å². The third-order valence-corrected chi connectivity index (χ3v) is 9.40. The molecule has 1 atom stereocenters. The summed E-state index contributed by atoms with van der Waals surface area (Å²) in [5, 5.41) is 50.3. The van der Waals surface area contributed by atoms with Crippen LogP contribution in [-0.2, 0) is 26.4 Å². The van der Waals surface area contributed by atoms with Gasteiger partial charge in [-0.05, 0) is 96.1 Å². The number of halogens is 1. The molecule has 0 saturated heterocycles. The minimum absolute atomic E-state index is 0.222. The number of nitrogens with one attached hydrogen (secondary N) is 2. The second-order valence-corrected chi connectivity index (χ2v) is 13.0. The maximum absolute atomic E-state index is 12.7. The Hall–Kier alpha value is -5.31. The average molecular weight is 760 g/mol. The minimum Gasteiger partial charge on any atom is -0.493 e. The number of benzene rings is 4. The first-order valence-corrected chi connectivity index (χ1v) is 17.7. The number of hydrogen-bond acceptors (Lipinski definition) is 12. The molecule has 5 aromatic rings. The molecule has 0 bridgehead atoms. The van der Waals surface area contributed by atoms with Gasteiger partial charge in [0.25, 0.3) is 5.91 Å². The monoisotopic (exact) mass is 759 g/mol. The number of carbonyl (C=O) groups is 1. The van der Waals surface area contributed by atoms with E-state index in [2.05, 4.69) is 15.8 Å². The fraction of sp³-hybridized carbons (Fsp3) is 0.300. The van der Waals surface area contributed by atoms with Crippen molar-refractivity contribution >= 4 is 23.2 Å². The smallest absolute Gasteiger partial charge is 0.255 e. The summed E-state index contributed by atoms with van der Waals surface area (Å²) in [5.41, 5.74) is 5.75. The molecule has 1 amide bonds. The van der Waals surface area contributed by atoms with Gasteiger partial charge >= 0.3 is 0 Å². The number of unbranched alkanes of at least 4 members (excludes halogenated alkanes) is 2. The molecule has 0 aliphatic carbocycles. The molecule has 284 valence electrons. The van der Waals surface area contributed by atoms with E-state index in [9.17, 15) is 25.2 Å². The summed E-state index contributed by atoms with van der Waals surface area (Å²) in [7, 11) is 3.07. The molecule has 0 saturated carbocycles. The lowest BCUT2D eigenvalue weighted by Gasteiger charge is -2.28. The lowest BCUT2D eigenvalue weighted by atomic mass is 9.97. The third-order valence-electron chi connectivity index (χ3n) is 9.17. The number of carbonyl (C=O) groups excluding carboxylic acids is 1. The van der Waals surface area contributed by atoms with E-state index in [1.54, 1.807) is 54.6 Å². The average Bonchev–Trinajstić information content (AvgIpc) is 3.70. The van der Waals surface area contributed by atoms with Crippen LogP contribution in [0.3, 0.4) is 0 Å².